The Labute approximate surface area is 279 Å². The van der Waals surface area contributed by atoms with Gasteiger partial charge < -0.3 is 15.2 Å². The molecule has 2 atom stereocenters. The Morgan fingerprint density at radius 2 is 1.75 bits per heavy atom. The summed E-state index contributed by atoms with van der Waals surface area (Å²) in [6, 6.07) is 15.2. The van der Waals surface area contributed by atoms with E-state index in [9.17, 15) is 22.8 Å². The largest absolute Gasteiger partial charge is 0.488 e. The summed E-state index contributed by atoms with van der Waals surface area (Å²) in [7, 11) is 0. The molecular weight excluding hydrogens is 651 g/mol. The average molecular weight is 687 g/mol. The lowest BCUT2D eigenvalue weighted by Gasteiger charge is -2.28. The molecule has 0 fully saturated rings. The first-order chi connectivity index (χ1) is 22.8. The summed E-state index contributed by atoms with van der Waals surface area (Å²) in [6.07, 6.45) is -5.48. The van der Waals surface area contributed by atoms with Crippen LogP contribution in [-0.2, 0) is 17.4 Å². The molecule has 0 saturated heterocycles. The molecule has 0 aliphatic carbocycles. The topological polar surface area (TPSA) is 80.6 Å². The van der Waals surface area contributed by atoms with Gasteiger partial charge in [0.1, 0.15) is 5.82 Å². The number of thioether (sulfide) groups is 1. The van der Waals surface area contributed by atoms with Gasteiger partial charge in [0.15, 0.2) is 11.6 Å². The van der Waals surface area contributed by atoms with Crippen LogP contribution in [0.25, 0.3) is 11.1 Å². The maximum atomic E-state index is 16.1. The molecule has 0 bridgehead atoms. The lowest BCUT2D eigenvalue weighted by molar-refractivity contribution is -0.138. The van der Waals surface area contributed by atoms with Gasteiger partial charge in [0.2, 0.25) is 0 Å². The predicted octanol–water partition coefficient (Wildman–Crippen LogP) is 8.34. The Kier molecular flexibility index (Phi) is 10.6. The standard InChI is InChI=1S/C36H35F5N2O4S/c1-20(2)47-29-15-7-12-23(32(29)38)31-21(3)24(18-25-26(36(39,40)41)13-8-14-27(25)37)35-43(34(31)46)28(19-48-35)33(22-10-5-4-6-11-22)42-17-9-16-30(44)45/h4-8,10-15,20,28,33,42H,9,16-19H2,1-3H3,(H,44,45). The minimum absolute atomic E-state index is 0.0597. The molecule has 2 N–H and O–H groups in total. The molecule has 2 heterocycles. The number of carboxylic acids is 1. The van der Waals surface area contributed by atoms with Gasteiger partial charge in [-0.25, -0.2) is 8.78 Å². The third kappa shape index (κ3) is 7.29. The predicted molar refractivity (Wildman–Crippen MR) is 175 cm³/mol. The Morgan fingerprint density at radius 1 is 1.04 bits per heavy atom. The Morgan fingerprint density at radius 3 is 2.42 bits per heavy atom. The first-order valence-electron chi connectivity index (χ1n) is 15.5. The molecule has 48 heavy (non-hydrogen) atoms. The van der Waals surface area contributed by atoms with Gasteiger partial charge in [0.05, 0.1) is 34.3 Å². The number of alkyl halides is 3. The van der Waals surface area contributed by atoms with Crippen molar-refractivity contribution >= 4 is 17.7 Å². The van der Waals surface area contributed by atoms with Crippen LogP contribution >= 0.6 is 11.8 Å². The summed E-state index contributed by atoms with van der Waals surface area (Å²) >= 11 is 1.26. The van der Waals surface area contributed by atoms with Crippen LogP contribution in [-0.4, -0.2) is 34.0 Å². The highest BCUT2D eigenvalue weighted by atomic mass is 32.2. The van der Waals surface area contributed by atoms with Crippen LogP contribution in [0.1, 0.15) is 66.6 Å². The third-order valence-corrected chi connectivity index (χ3v) is 9.53. The van der Waals surface area contributed by atoms with Gasteiger partial charge in [0, 0.05) is 29.7 Å². The number of halogens is 5. The molecule has 2 unspecified atom stereocenters. The number of benzene rings is 3. The summed E-state index contributed by atoms with van der Waals surface area (Å²) in [6.45, 7) is 5.29. The molecule has 0 radical (unpaired) electrons. The molecule has 12 heteroatoms. The number of hydrogen-bond donors (Lipinski definition) is 2. The SMILES string of the molecule is Cc1c(Cc2c(F)cccc2C(F)(F)F)c2n(c(=O)c1-c1cccc(OC(C)C)c1F)C(C(NCCCC(=O)O)c1ccccc1)CS2. The van der Waals surface area contributed by atoms with Gasteiger partial charge in [0.25, 0.3) is 5.56 Å². The zero-order chi connectivity index (χ0) is 34.7. The molecule has 0 saturated carbocycles. The van der Waals surface area contributed by atoms with Crippen LogP contribution in [0.15, 0.2) is 76.6 Å². The van der Waals surface area contributed by atoms with Gasteiger partial charge in [-0.1, -0.05) is 48.5 Å². The van der Waals surface area contributed by atoms with Gasteiger partial charge in [-0.2, -0.15) is 13.2 Å². The lowest BCUT2D eigenvalue weighted by Crippen LogP contribution is -2.36. The minimum Gasteiger partial charge on any atom is -0.488 e. The smallest absolute Gasteiger partial charge is 0.416 e. The van der Waals surface area contributed by atoms with E-state index in [0.29, 0.717) is 23.7 Å². The second-order valence-corrected chi connectivity index (χ2v) is 12.9. The highest BCUT2D eigenvalue weighted by Gasteiger charge is 2.38. The number of ether oxygens (including phenoxy) is 1. The summed E-state index contributed by atoms with van der Waals surface area (Å²) in [5, 5.41) is 12.9. The van der Waals surface area contributed by atoms with Crippen molar-refractivity contribution in [3.8, 4) is 16.9 Å². The van der Waals surface area contributed by atoms with Crippen molar-refractivity contribution in [2.75, 3.05) is 12.3 Å². The van der Waals surface area contributed by atoms with Crippen molar-refractivity contribution in [3.63, 3.8) is 0 Å². The lowest BCUT2D eigenvalue weighted by atomic mass is 9.91. The van der Waals surface area contributed by atoms with E-state index in [1.807, 2.05) is 30.3 Å². The summed E-state index contributed by atoms with van der Waals surface area (Å²) < 4.78 is 80.9. The quantitative estimate of drug-likeness (QED) is 0.115. The van der Waals surface area contributed by atoms with Crippen molar-refractivity contribution in [1.29, 1.82) is 0 Å². The second kappa shape index (κ2) is 14.5. The number of aliphatic carboxylic acids is 1. The van der Waals surface area contributed by atoms with Crippen LogP contribution in [0.5, 0.6) is 5.75 Å². The molecule has 254 valence electrons. The number of nitrogens with zero attached hydrogens (tertiary/aromatic N) is 1. The molecular formula is C36H35F5N2O4S. The molecule has 4 aromatic rings. The molecule has 1 aromatic heterocycles. The van der Waals surface area contributed by atoms with Crippen LogP contribution in [0.3, 0.4) is 0 Å². The highest BCUT2D eigenvalue weighted by molar-refractivity contribution is 7.99. The van der Waals surface area contributed by atoms with Crippen molar-refractivity contribution in [3.05, 3.63) is 117 Å². The van der Waals surface area contributed by atoms with E-state index < -0.39 is 59.0 Å². The highest BCUT2D eigenvalue weighted by Crippen LogP contribution is 2.45. The zero-order valence-corrected chi connectivity index (χ0v) is 27.4. The van der Waals surface area contributed by atoms with E-state index in [0.717, 1.165) is 23.8 Å². The Hall–Kier alpha value is -4.16. The molecule has 6 nitrogen and oxygen atoms in total. The van der Waals surface area contributed by atoms with E-state index >= 15 is 8.78 Å². The van der Waals surface area contributed by atoms with Crippen LogP contribution in [0.4, 0.5) is 22.0 Å². The van der Waals surface area contributed by atoms with E-state index in [4.69, 9.17) is 9.84 Å². The second-order valence-electron chi connectivity index (χ2n) is 11.9. The molecule has 1 aliphatic rings. The molecule has 5 rings (SSSR count). The van der Waals surface area contributed by atoms with E-state index in [-0.39, 0.29) is 40.5 Å². The maximum absolute atomic E-state index is 16.1. The van der Waals surface area contributed by atoms with E-state index in [1.54, 1.807) is 20.8 Å². The Balaban J connectivity index is 1.75. The van der Waals surface area contributed by atoms with E-state index in [2.05, 4.69) is 5.32 Å². The fraction of sp³-hybridized carbons (Fsp3) is 0.333. The van der Waals surface area contributed by atoms with Crippen molar-refractivity contribution in [2.45, 2.75) is 69.4 Å². The van der Waals surface area contributed by atoms with Gasteiger partial charge in [-0.3, -0.25) is 14.2 Å². The minimum atomic E-state index is -4.84. The van der Waals surface area contributed by atoms with Crippen molar-refractivity contribution < 1.29 is 36.6 Å². The van der Waals surface area contributed by atoms with Crippen molar-refractivity contribution in [2.24, 2.45) is 0 Å². The first-order valence-corrected chi connectivity index (χ1v) is 16.5. The number of carbonyl (C=O) groups is 1. The van der Waals surface area contributed by atoms with E-state index in [1.165, 1.54) is 34.5 Å². The molecule has 1 aliphatic heterocycles. The number of carboxylic acid groups (broad SMARTS) is 1. The first kappa shape index (κ1) is 35.2. The number of nitrogens with one attached hydrogen (secondary N) is 1. The Bertz CT molecular complexity index is 1860. The number of rotatable bonds is 12. The monoisotopic (exact) mass is 686 g/mol. The van der Waals surface area contributed by atoms with Gasteiger partial charge in [-0.05, 0) is 68.6 Å². The summed E-state index contributed by atoms with van der Waals surface area (Å²) in [4.78, 5) is 25.8. The van der Waals surface area contributed by atoms with Gasteiger partial charge >= 0.3 is 12.1 Å². The fourth-order valence-electron chi connectivity index (χ4n) is 6.16. The maximum Gasteiger partial charge on any atom is 0.416 e. The number of pyridine rings is 1. The molecule has 3 aromatic carbocycles. The fourth-order valence-corrected chi connectivity index (χ4v) is 7.59. The normalized spacial score (nSPS) is 15.1. The van der Waals surface area contributed by atoms with Crippen LogP contribution < -0.4 is 15.6 Å². The van der Waals surface area contributed by atoms with Crippen molar-refractivity contribution in [1.82, 2.24) is 9.88 Å². The molecule has 0 amide bonds. The average Bonchev–Trinajstić information content (AvgIpc) is 3.46. The molecule has 0 spiro atoms. The summed E-state index contributed by atoms with van der Waals surface area (Å²) in [5.41, 5.74) is -1.09. The third-order valence-electron chi connectivity index (χ3n) is 8.31. The van der Waals surface area contributed by atoms with Gasteiger partial charge in [-0.15, -0.1) is 11.8 Å². The summed E-state index contributed by atoms with van der Waals surface area (Å²) in [5.74, 6) is -2.56. The number of fused-ring (bicyclic) bond motifs is 1. The van der Waals surface area contributed by atoms with Crippen LogP contribution in [0, 0.1) is 18.6 Å². The van der Waals surface area contributed by atoms with Crippen LogP contribution in [0.2, 0.25) is 0 Å². The number of aromatic nitrogens is 1. The number of hydrogen-bond acceptors (Lipinski definition) is 5. The zero-order valence-electron chi connectivity index (χ0n) is 26.5.